The van der Waals surface area contributed by atoms with E-state index >= 15 is 0 Å². The number of nitrogens with one attached hydrogen (secondary N) is 2. The smallest absolute Gasteiger partial charge is 0.224 e. The minimum absolute atomic E-state index is 0.587. The average molecular weight is 193 g/mol. The summed E-state index contributed by atoms with van der Waals surface area (Å²) >= 11 is 0. The molecule has 76 valence electrons. The van der Waals surface area contributed by atoms with Gasteiger partial charge in [0.1, 0.15) is 5.82 Å². The average Bonchev–Trinajstić information content (AvgIpc) is 2.99. The first-order valence-corrected chi connectivity index (χ1v) is 4.92. The predicted molar refractivity (Wildman–Crippen MR) is 56.2 cm³/mol. The lowest BCUT2D eigenvalue weighted by atomic mass is 10.5. The minimum atomic E-state index is 0.587. The molecule has 0 atom stereocenters. The van der Waals surface area contributed by atoms with Crippen LogP contribution in [0.15, 0.2) is 12.3 Å². The summed E-state index contributed by atoms with van der Waals surface area (Å²) in [4.78, 5) is 8.39. The lowest BCUT2D eigenvalue weighted by Crippen LogP contribution is -2.15. The molecule has 0 radical (unpaired) electrons. The number of nitrogens with two attached hydrogens (primary N) is 1. The van der Waals surface area contributed by atoms with Crippen LogP contribution in [-0.2, 0) is 0 Å². The van der Waals surface area contributed by atoms with Crippen molar-refractivity contribution < 1.29 is 0 Å². The van der Waals surface area contributed by atoms with Gasteiger partial charge >= 0.3 is 0 Å². The molecular weight excluding hydrogens is 178 g/mol. The molecule has 1 aliphatic carbocycles. The maximum Gasteiger partial charge on any atom is 0.224 e. The number of nitrogens with zero attached hydrogens (tertiary/aromatic N) is 2. The molecule has 1 fully saturated rings. The molecule has 0 spiro atoms. The lowest BCUT2D eigenvalue weighted by molar-refractivity contribution is 0.984. The summed E-state index contributed by atoms with van der Waals surface area (Å²) in [5.41, 5.74) is 5.37. The third-order valence-corrected chi connectivity index (χ3v) is 2.01. The highest BCUT2D eigenvalue weighted by Crippen LogP contribution is 2.23. The van der Waals surface area contributed by atoms with Gasteiger partial charge in [0, 0.05) is 25.3 Å². The van der Waals surface area contributed by atoms with E-state index in [0.29, 0.717) is 25.1 Å². The molecule has 1 aromatic rings. The molecule has 1 aliphatic rings. The molecule has 2 rings (SSSR count). The summed E-state index contributed by atoms with van der Waals surface area (Å²) in [6.45, 7) is 1.29. The van der Waals surface area contributed by atoms with Gasteiger partial charge in [-0.1, -0.05) is 0 Å². The Morgan fingerprint density at radius 1 is 1.50 bits per heavy atom. The Bertz CT molecular complexity index is 297. The zero-order valence-electron chi connectivity index (χ0n) is 8.03. The molecule has 0 amide bonds. The van der Waals surface area contributed by atoms with Crippen molar-refractivity contribution in [1.82, 2.24) is 9.97 Å². The topological polar surface area (TPSA) is 75.9 Å². The number of hydrogen-bond acceptors (Lipinski definition) is 5. The van der Waals surface area contributed by atoms with Gasteiger partial charge < -0.3 is 16.4 Å². The lowest BCUT2D eigenvalue weighted by Gasteiger charge is -2.06. The molecule has 4 N–H and O–H groups in total. The standard InChI is InChI=1S/C9H15N5/c10-4-6-12-9-11-5-3-8(14-9)13-7-1-2-7/h3,5,7H,1-2,4,6,10H2,(H2,11,12,13,14). The number of hydrogen-bond donors (Lipinski definition) is 3. The van der Waals surface area contributed by atoms with E-state index in [-0.39, 0.29) is 0 Å². The van der Waals surface area contributed by atoms with Crippen molar-refractivity contribution in [3.63, 3.8) is 0 Å². The first-order valence-electron chi connectivity index (χ1n) is 4.92. The maximum atomic E-state index is 5.37. The molecule has 0 unspecified atom stereocenters. The van der Waals surface area contributed by atoms with E-state index in [1.807, 2.05) is 6.07 Å². The fourth-order valence-electron chi connectivity index (χ4n) is 1.15. The summed E-state index contributed by atoms with van der Waals surface area (Å²) < 4.78 is 0. The van der Waals surface area contributed by atoms with Crippen molar-refractivity contribution in [2.45, 2.75) is 18.9 Å². The number of rotatable bonds is 5. The Kier molecular flexibility index (Phi) is 2.78. The molecule has 0 aliphatic heterocycles. The van der Waals surface area contributed by atoms with Crippen molar-refractivity contribution in [3.8, 4) is 0 Å². The monoisotopic (exact) mass is 193 g/mol. The third-order valence-electron chi connectivity index (χ3n) is 2.01. The van der Waals surface area contributed by atoms with Crippen molar-refractivity contribution in [2.75, 3.05) is 23.7 Å². The van der Waals surface area contributed by atoms with E-state index in [1.165, 1.54) is 12.8 Å². The predicted octanol–water partition coefficient (Wildman–Crippen LogP) is 0.421. The summed E-state index contributed by atoms with van der Waals surface area (Å²) in [5, 5.41) is 6.35. The Labute approximate surface area is 83.1 Å². The van der Waals surface area contributed by atoms with Gasteiger partial charge in [-0.2, -0.15) is 4.98 Å². The summed E-state index contributed by atoms with van der Waals surface area (Å²) in [7, 11) is 0. The van der Waals surface area contributed by atoms with Crippen LogP contribution >= 0.6 is 0 Å². The molecule has 0 bridgehead atoms. The molecule has 0 aromatic carbocycles. The van der Waals surface area contributed by atoms with Gasteiger partial charge in [-0.15, -0.1) is 0 Å². The first-order chi connectivity index (χ1) is 6.88. The van der Waals surface area contributed by atoms with Gasteiger partial charge in [0.2, 0.25) is 5.95 Å². The van der Waals surface area contributed by atoms with Crippen LogP contribution in [-0.4, -0.2) is 29.1 Å². The van der Waals surface area contributed by atoms with Gasteiger partial charge in [-0.3, -0.25) is 0 Å². The van der Waals surface area contributed by atoms with Crippen LogP contribution in [0.1, 0.15) is 12.8 Å². The zero-order valence-corrected chi connectivity index (χ0v) is 8.03. The second kappa shape index (κ2) is 4.23. The molecule has 0 saturated heterocycles. The van der Waals surface area contributed by atoms with Crippen LogP contribution in [0, 0.1) is 0 Å². The number of anilines is 2. The van der Waals surface area contributed by atoms with Gasteiger partial charge in [-0.25, -0.2) is 4.98 Å². The van der Waals surface area contributed by atoms with Crippen molar-refractivity contribution >= 4 is 11.8 Å². The van der Waals surface area contributed by atoms with Gasteiger partial charge in [0.25, 0.3) is 0 Å². The molecular formula is C9H15N5. The van der Waals surface area contributed by atoms with Gasteiger partial charge in [-0.05, 0) is 18.9 Å². The Morgan fingerprint density at radius 2 is 2.36 bits per heavy atom. The maximum absolute atomic E-state index is 5.37. The second-order valence-electron chi connectivity index (χ2n) is 3.40. The second-order valence-corrected chi connectivity index (χ2v) is 3.40. The van der Waals surface area contributed by atoms with Crippen molar-refractivity contribution in [1.29, 1.82) is 0 Å². The van der Waals surface area contributed by atoms with Crippen LogP contribution in [0.4, 0.5) is 11.8 Å². The van der Waals surface area contributed by atoms with E-state index in [1.54, 1.807) is 6.20 Å². The molecule has 5 heteroatoms. The molecule has 5 nitrogen and oxygen atoms in total. The van der Waals surface area contributed by atoms with Crippen LogP contribution in [0.25, 0.3) is 0 Å². The number of aromatic nitrogens is 2. The highest BCUT2D eigenvalue weighted by Gasteiger charge is 2.21. The summed E-state index contributed by atoms with van der Waals surface area (Å²) in [5.74, 6) is 1.53. The Morgan fingerprint density at radius 3 is 3.07 bits per heavy atom. The summed E-state index contributed by atoms with van der Waals surface area (Å²) in [6, 6.07) is 2.50. The highest BCUT2D eigenvalue weighted by atomic mass is 15.1. The van der Waals surface area contributed by atoms with E-state index in [0.717, 1.165) is 5.82 Å². The minimum Gasteiger partial charge on any atom is -0.367 e. The highest BCUT2D eigenvalue weighted by molar-refractivity contribution is 5.41. The van der Waals surface area contributed by atoms with E-state index in [9.17, 15) is 0 Å². The van der Waals surface area contributed by atoms with E-state index in [2.05, 4.69) is 20.6 Å². The van der Waals surface area contributed by atoms with Crippen molar-refractivity contribution in [2.24, 2.45) is 5.73 Å². The largest absolute Gasteiger partial charge is 0.367 e. The fraction of sp³-hybridized carbons (Fsp3) is 0.556. The van der Waals surface area contributed by atoms with Crippen LogP contribution in [0.2, 0.25) is 0 Å². The molecule has 1 aromatic heterocycles. The molecule has 14 heavy (non-hydrogen) atoms. The Balaban J connectivity index is 1.94. The van der Waals surface area contributed by atoms with E-state index < -0.39 is 0 Å². The normalized spacial score (nSPS) is 15.2. The van der Waals surface area contributed by atoms with Gasteiger partial charge in [0.05, 0.1) is 0 Å². The van der Waals surface area contributed by atoms with Gasteiger partial charge in [0.15, 0.2) is 0 Å². The first kappa shape index (κ1) is 9.21. The molecule has 1 heterocycles. The van der Waals surface area contributed by atoms with E-state index in [4.69, 9.17) is 5.73 Å². The zero-order chi connectivity index (χ0) is 9.80. The fourth-order valence-corrected chi connectivity index (χ4v) is 1.15. The summed E-state index contributed by atoms with van der Waals surface area (Å²) in [6.07, 6.45) is 4.24. The van der Waals surface area contributed by atoms with Crippen LogP contribution in [0.5, 0.6) is 0 Å². The quantitative estimate of drug-likeness (QED) is 0.632. The Hall–Kier alpha value is -1.36. The van der Waals surface area contributed by atoms with Crippen LogP contribution in [0.3, 0.4) is 0 Å². The SMILES string of the molecule is NCCNc1nccc(NC2CC2)n1. The third kappa shape index (κ3) is 2.56. The van der Waals surface area contributed by atoms with Crippen molar-refractivity contribution in [3.05, 3.63) is 12.3 Å². The molecule has 1 saturated carbocycles. The van der Waals surface area contributed by atoms with Crippen LogP contribution < -0.4 is 16.4 Å².